The van der Waals surface area contributed by atoms with Gasteiger partial charge in [-0.05, 0) is 44.5 Å². The van der Waals surface area contributed by atoms with E-state index in [-0.39, 0.29) is 11.5 Å². The summed E-state index contributed by atoms with van der Waals surface area (Å²) in [6.45, 7) is 6.32. The Labute approximate surface area is 109 Å². The highest BCUT2D eigenvalue weighted by molar-refractivity contribution is 5.94. The lowest BCUT2D eigenvalue weighted by molar-refractivity contribution is 0.0229. The SMILES string of the molecule is CNc1ccc(C(=O)NCC(C)(C)OC)cc1C. The second kappa shape index (κ2) is 5.87. The molecule has 1 aromatic carbocycles. The largest absolute Gasteiger partial charge is 0.388 e. The number of aryl methyl sites for hydroxylation is 1. The van der Waals surface area contributed by atoms with Crippen molar-refractivity contribution in [3.63, 3.8) is 0 Å². The number of anilines is 1. The number of hydrogen-bond donors (Lipinski definition) is 2. The molecule has 0 atom stereocenters. The Kier molecular flexibility index (Phi) is 4.73. The minimum Gasteiger partial charge on any atom is -0.388 e. The zero-order valence-electron chi connectivity index (χ0n) is 11.8. The van der Waals surface area contributed by atoms with Crippen molar-refractivity contribution in [1.29, 1.82) is 0 Å². The summed E-state index contributed by atoms with van der Waals surface area (Å²) < 4.78 is 5.26. The molecule has 2 N–H and O–H groups in total. The number of rotatable bonds is 5. The maximum absolute atomic E-state index is 12.0. The number of hydrogen-bond acceptors (Lipinski definition) is 3. The Hall–Kier alpha value is -1.55. The van der Waals surface area contributed by atoms with Gasteiger partial charge in [-0.1, -0.05) is 0 Å². The zero-order chi connectivity index (χ0) is 13.8. The minimum absolute atomic E-state index is 0.0779. The van der Waals surface area contributed by atoms with Gasteiger partial charge in [0, 0.05) is 32.0 Å². The van der Waals surface area contributed by atoms with Crippen molar-refractivity contribution in [3.8, 4) is 0 Å². The van der Waals surface area contributed by atoms with E-state index in [1.54, 1.807) is 7.11 Å². The summed E-state index contributed by atoms with van der Waals surface area (Å²) in [6, 6.07) is 5.60. The van der Waals surface area contributed by atoms with E-state index >= 15 is 0 Å². The van der Waals surface area contributed by atoms with E-state index in [9.17, 15) is 4.79 Å². The maximum atomic E-state index is 12.0. The second-order valence-corrected chi connectivity index (χ2v) is 4.93. The number of benzene rings is 1. The molecule has 1 rings (SSSR count). The van der Waals surface area contributed by atoms with Gasteiger partial charge in [0.1, 0.15) is 0 Å². The molecule has 4 nitrogen and oxygen atoms in total. The van der Waals surface area contributed by atoms with Gasteiger partial charge in [-0.2, -0.15) is 0 Å². The Morgan fingerprint density at radius 1 is 1.39 bits per heavy atom. The predicted molar refractivity (Wildman–Crippen MR) is 74.1 cm³/mol. The van der Waals surface area contributed by atoms with Gasteiger partial charge in [-0.15, -0.1) is 0 Å². The quantitative estimate of drug-likeness (QED) is 0.842. The molecule has 0 saturated carbocycles. The van der Waals surface area contributed by atoms with Crippen LogP contribution in [0.1, 0.15) is 29.8 Å². The topological polar surface area (TPSA) is 50.4 Å². The third kappa shape index (κ3) is 3.74. The lowest BCUT2D eigenvalue weighted by Gasteiger charge is -2.23. The molecule has 0 bridgehead atoms. The predicted octanol–water partition coefficient (Wildman–Crippen LogP) is 2.19. The normalized spacial score (nSPS) is 11.2. The van der Waals surface area contributed by atoms with E-state index in [4.69, 9.17) is 4.74 Å². The Morgan fingerprint density at radius 3 is 2.56 bits per heavy atom. The average Bonchev–Trinajstić information content (AvgIpc) is 2.36. The summed E-state index contributed by atoms with van der Waals surface area (Å²) in [5, 5.41) is 5.95. The molecule has 0 fully saturated rings. The van der Waals surface area contributed by atoms with Crippen LogP contribution in [0.25, 0.3) is 0 Å². The van der Waals surface area contributed by atoms with Crippen LogP contribution in [0.5, 0.6) is 0 Å². The highest BCUT2D eigenvalue weighted by Gasteiger charge is 2.18. The van der Waals surface area contributed by atoms with Crippen molar-refractivity contribution < 1.29 is 9.53 Å². The van der Waals surface area contributed by atoms with Gasteiger partial charge >= 0.3 is 0 Å². The fourth-order valence-corrected chi connectivity index (χ4v) is 1.55. The summed E-state index contributed by atoms with van der Waals surface area (Å²) in [4.78, 5) is 12.0. The van der Waals surface area contributed by atoms with Crippen molar-refractivity contribution in [3.05, 3.63) is 29.3 Å². The van der Waals surface area contributed by atoms with Gasteiger partial charge in [-0.3, -0.25) is 4.79 Å². The first-order chi connectivity index (χ1) is 8.39. The molecule has 1 amide bonds. The van der Waals surface area contributed by atoms with Crippen molar-refractivity contribution in [1.82, 2.24) is 5.32 Å². The van der Waals surface area contributed by atoms with E-state index in [0.717, 1.165) is 11.3 Å². The van der Waals surface area contributed by atoms with Crippen LogP contribution >= 0.6 is 0 Å². The molecule has 0 saturated heterocycles. The molecule has 0 aliphatic carbocycles. The van der Waals surface area contributed by atoms with E-state index in [1.807, 2.05) is 46.0 Å². The molecule has 0 radical (unpaired) electrons. The molecule has 0 aromatic heterocycles. The first kappa shape index (κ1) is 14.5. The molecular weight excluding hydrogens is 228 g/mol. The number of nitrogens with one attached hydrogen (secondary N) is 2. The number of carbonyl (C=O) groups is 1. The van der Waals surface area contributed by atoms with Crippen LogP contribution in [0.3, 0.4) is 0 Å². The van der Waals surface area contributed by atoms with Crippen LogP contribution in [0.15, 0.2) is 18.2 Å². The third-order valence-corrected chi connectivity index (χ3v) is 2.99. The molecule has 0 aliphatic rings. The van der Waals surface area contributed by atoms with Crippen LogP contribution in [0, 0.1) is 6.92 Å². The molecule has 4 heteroatoms. The second-order valence-electron chi connectivity index (χ2n) is 4.93. The standard InChI is InChI=1S/C14H22N2O2/c1-10-8-11(6-7-12(10)15-4)13(17)16-9-14(2,3)18-5/h6-8,15H,9H2,1-5H3,(H,16,17). The summed E-state index contributed by atoms with van der Waals surface area (Å²) in [5.41, 5.74) is 2.40. The lowest BCUT2D eigenvalue weighted by atomic mass is 10.1. The fraction of sp³-hybridized carbons (Fsp3) is 0.500. The highest BCUT2D eigenvalue weighted by atomic mass is 16.5. The Bertz CT molecular complexity index is 428. The maximum Gasteiger partial charge on any atom is 0.251 e. The minimum atomic E-state index is -0.352. The van der Waals surface area contributed by atoms with Crippen molar-refractivity contribution >= 4 is 11.6 Å². The van der Waals surface area contributed by atoms with E-state index in [0.29, 0.717) is 12.1 Å². The van der Waals surface area contributed by atoms with Gasteiger partial charge in [-0.25, -0.2) is 0 Å². The molecule has 0 spiro atoms. The van der Waals surface area contributed by atoms with E-state index < -0.39 is 0 Å². The van der Waals surface area contributed by atoms with Crippen LogP contribution < -0.4 is 10.6 Å². The van der Waals surface area contributed by atoms with Crippen molar-refractivity contribution in [2.75, 3.05) is 26.0 Å². The van der Waals surface area contributed by atoms with Crippen molar-refractivity contribution in [2.45, 2.75) is 26.4 Å². The zero-order valence-corrected chi connectivity index (χ0v) is 11.8. The van der Waals surface area contributed by atoms with Gasteiger partial charge in [0.15, 0.2) is 0 Å². The molecule has 18 heavy (non-hydrogen) atoms. The van der Waals surface area contributed by atoms with Crippen molar-refractivity contribution in [2.24, 2.45) is 0 Å². The number of ether oxygens (including phenoxy) is 1. The number of methoxy groups -OCH3 is 1. The average molecular weight is 250 g/mol. The summed E-state index contributed by atoms with van der Waals surface area (Å²) in [6.07, 6.45) is 0. The number of amides is 1. The molecule has 0 unspecified atom stereocenters. The third-order valence-electron chi connectivity index (χ3n) is 2.99. The van der Waals surface area contributed by atoms with Crippen LogP contribution in [-0.4, -0.2) is 32.2 Å². The first-order valence-electron chi connectivity index (χ1n) is 6.01. The Balaban J connectivity index is 2.71. The van der Waals surface area contributed by atoms with Gasteiger partial charge in [0.25, 0.3) is 5.91 Å². The molecular formula is C14H22N2O2. The Morgan fingerprint density at radius 2 is 2.06 bits per heavy atom. The van der Waals surface area contributed by atoms with Crippen LogP contribution in [0.2, 0.25) is 0 Å². The molecule has 0 aliphatic heterocycles. The molecule has 0 heterocycles. The van der Waals surface area contributed by atoms with Gasteiger partial charge in [0.2, 0.25) is 0 Å². The molecule has 1 aromatic rings. The monoisotopic (exact) mass is 250 g/mol. The van der Waals surface area contributed by atoms with Gasteiger partial charge < -0.3 is 15.4 Å². The van der Waals surface area contributed by atoms with E-state index in [2.05, 4.69) is 10.6 Å². The fourth-order valence-electron chi connectivity index (χ4n) is 1.55. The van der Waals surface area contributed by atoms with E-state index in [1.165, 1.54) is 0 Å². The number of carbonyl (C=O) groups excluding carboxylic acids is 1. The summed E-state index contributed by atoms with van der Waals surface area (Å²) in [5.74, 6) is -0.0779. The van der Waals surface area contributed by atoms with Crippen LogP contribution in [-0.2, 0) is 4.74 Å². The summed E-state index contributed by atoms with van der Waals surface area (Å²) in [7, 11) is 3.50. The van der Waals surface area contributed by atoms with Gasteiger partial charge in [0.05, 0.1) is 5.60 Å². The molecule has 100 valence electrons. The smallest absolute Gasteiger partial charge is 0.251 e. The van der Waals surface area contributed by atoms with Crippen LogP contribution in [0.4, 0.5) is 5.69 Å². The lowest BCUT2D eigenvalue weighted by Crippen LogP contribution is -2.39. The highest BCUT2D eigenvalue weighted by Crippen LogP contribution is 2.15. The first-order valence-corrected chi connectivity index (χ1v) is 6.01. The summed E-state index contributed by atoms with van der Waals surface area (Å²) >= 11 is 0.